The number of fused-ring (bicyclic) bond motifs is 1. The number of piperazine rings is 1. The van der Waals surface area contributed by atoms with Gasteiger partial charge >= 0.3 is 0 Å². The van der Waals surface area contributed by atoms with Crippen LogP contribution in [-0.2, 0) is 17.8 Å². The number of nitrogens with one attached hydrogen (secondary N) is 1. The summed E-state index contributed by atoms with van der Waals surface area (Å²) in [6.07, 6.45) is 0.932. The highest BCUT2D eigenvalue weighted by molar-refractivity contribution is 14.0. The Labute approximate surface area is 193 Å². The number of thiophene rings is 1. The van der Waals surface area contributed by atoms with Crippen molar-refractivity contribution in [1.82, 2.24) is 15.1 Å². The first kappa shape index (κ1) is 21.9. The molecule has 0 radical (unpaired) electrons. The van der Waals surface area contributed by atoms with Gasteiger partial charge in [-0.1, -0.05) is 24.3 Å². The number of amides is 1. The maximum absolute atomic E-state index is 12.7. The average Bonchev–Trinajstić information content (AvgIpc) is 3.29. The molecule has 0 unspecified atom stereocenters. The summed E-state index contributed by atoms with van der Waals surface area (Å²) in [5.74, 6) is 0.949. The molecule has 1 N–H and O–H groups in total. The van der Waals surface area contributed by atoms with Crippen LogP contribution in [-0.4, -0.2) is 68.0 Å². The van der Waals surface area contributed by atoms with Gasteiger partial charge in [-0.15, -0.1) is 35.3 Å². The summed E-state index contributed by atoms with van der Waals surface area (Å²) in [5.41, 5.74) is 2.62. The van der Waals surface area contributed by atoms with E-state index in [9.17, 15) is 4.79 Å². The van der Waals surface area contributed by atoms with Crippen molar-refractivity contribution >= 4 is 52.2 Å². The van der Waals surface area contributed by atoms with Gasteiger partial charge in [0.15, 0.2) is 5.96 Å². The minimum atomic E-state index is 0. The smallest absolute Gasteiger partial charge is 0.242 e. The largest absolute Gasteiger partial charge is 0.360 e. The van der Waals surface area contributed by atoms with Gasteiger partial charge in [-0.2, -0.15) is 0 Å². The van der Waals surface area contributed by atoms with E-state index in [0.29, 0.717) is 13.1 Å². The molecule has 156 valence electrons. The second-order valence-corrected chi connectivity index (χ2v) is 8.09. The van der Waals surface area contributed by atoms with Gasteiger partial charge in [-0.05, 0) is 35.1 Å². The van der Waals surface area contributed by atoms with E-state index in [4.69, 9.17) is 0 Å². The molecule has 1 aromatic carbocycles. The number of rotatable bonds is 3. The van der Waals surface area contributed by atoms with Crippen molar-refractivity contribution in [2.45, 2.75) is 13.0 Å². The Balaban J connectivity index is 0.00000240. The molecule has 2 aliphatic heterocycles. The number of aliphatic imine (C=N–C) groups is 1. The molecule has 1 amide bonds. The molecule has 8 heteroatoms. The van der Waals surface area contributed by atoms with Gasteiger partial charge in [0.05, 0.1) is 11.5 Å². The van der Waals surface area contributed by atoms with Crippen LogP contribution in [0.2, 0.25) is 0 Å². The van der Waals surface area contributed by atoms with Gasteiger partial charge in [0.25, 0.3) is 0 Å². The third-order valence-electron chi connectivity index (χ3n) is 5.49. The van der Waals surface area contributed by atoms with E-state index < -0.39 is 0 Å². The van der Waals surface area contributed by atoms with Gasteiger partial charge in [-0.3, -0.25) is 9.79 Å². The van der Waals surface area contributed by atoms with Crippen LogP contribution in [0.4, 0.5) is 5.00 Å². The molecule has 1 fully saturated rings. The Morgan fingerprint density at radius 3 is 2.48 bits per heavy atom. The van der Waals surface area contributed by atoms with Crippen LogP contribution in [0.3, 0.4) is 0 Å². The predicted octanol–water partition coefficient (Wildman–Crippen LogP) is 2.65. The standard InChI is InChI=1S/C21H27N5OS.HI/c1-22-21(25-12-10-24(11-13-25)20-7-4-14-28-20)23-15-19(27)26-9-8-17-5-2-3-6-18(17)16-26;/h2-7,14H,8-13,15-16H2,1H3,(H,22,23);1H. The molecular weight excluding hydrogens is 497 g/mol. The van der Waals surface area contributed by atoms with Crippen molar-refractivity contribution in [3.05, 3.63) is 52.9 Å². The van der Waals surface area contributed by atoms with Crippen LogP contribution in [0.5, 0.6) is 0 Å². The van der Waals surface area contributed by atoms with Crippen molar-refractivity contribution in [2.75, 3.05) is 51.2 Å². The average molecular weight is 525 g/mol. The fraction of sp³-hybridized carbons (Fsp3) is 0.429. The molecule has 0 spiro atoms. The number of nitrogens with zero attached hydrogens (tertiary/aromatic N) is 4. The Kier molecular flexibility index (Phi) is 7.77. The van der Waals surface area contributed by atoms with E-state index >= 15 is 0 Å². The van der Waals surface area contributed by atoms with E-state index in [1.807, 2.05) is 11.0 Å². The lowest BCUT2D eigenvalue weighted by Gasteiger charge is -2.37. The highest BCUT2D eigenvalue weighted by atomic mass is 127. The van der Waals surface area contributed by atoms with Gasteiger partial charge in [0.2, 0.25) is 5.91 Å². The van der Waals surface area contributed by atoms with Crippen molar-refractivity contribution < 1.29 is 4.79 Å². The maximum Gasteiger partial charge on any atom is 0.242 e. The topological polar surface area (TPSA) is 51.2 Å². The zero-order chi connectivity index (χ0) is 19.3. The molecule has 2 aliphatic rings. The lowest BCUT2D eigenvalue weighted by Crippen LogP contribution is -2.54. The van der Waals surface area contributed by atoms with Crippen molar-refractivity contribution in [1.29, 1.82) is 0 Å². The zero-order valence-electron chi connectivity index (χ0n) is 16.7. The number of carbonyl (C=O) groups is 1. The van der Waals surface area contributed by atoms with Crippen LogP contribution in [0.25, 0.3) is 0 Å². The Bertz CT molecular complexity index is 833. The third-order valence-corrected chi connectivity index (χ3v) is 6.42. The summed E-state index contributed by atoms with van der Waals surface area (Å²) in [6, 6.07) is 12.7. The Morgan fingerprint density at radius 2 is 1.79 bits per heavy atom. The molecule has 3 heterocycles. The lowest BCUT2D eigenvalue weighted by atomic mass is 10.00. The number of benzene rings is 1. The second-order valence-electron chi connectivity index (χ2n) is 7.16. The van der Waals surface area contributed by atoms with Crippen molar-refractivity contribution in [3.8, 4) is 0 Å². The van der Waals surface area contributed by atoms with Crippen LogP contribution in [0, 0.1) is 0 Å². The fourth-order valence-corrected chi connectivity index (χ4v) is 4.68. The first-order valence-electron chi connectivity index (χ1n) is 9.83. The minimum Gasteiger partial charge on any atom is -0.360 e. The molecule has 0 saturated carbocycles. The number of guanidine groups is 1. The number of carbonyl (C=O) groups excluding carboxylic acids is 1. The molecular formula is C21H28IN5OS. The highest BCUT2D eigenvalue weighted by Crippen LogP contribution is 2.22. The number of anilines is 1. The number of halogens is 1. The molecule has 1 saturated heterocycles. The van der Waals surface area contributed by atoms with Crippen LogP contribution >= 0.6 is 35.3 Å². The van der Waals surface area contributed by atoms with E-state index in [1.54, 1.807) is 18.4 Å². The molecule has 0 atom stereocenters. The molecule has 0 bridgehead atoms. The first-order chi connectivity index (χ1) is 13.7. The minimum absolute atomic E-state index is 0. The monoisotopic (exact) mass is 525 g/mol. The van der Waals surface area contributed by atoms with Crippen molar-refractivity contribution in [3.63, 3.8) is 0 Å². The summed E-state index contributed by atoms with van der Waals surface area (Å²) in [7, 11) is 1.79. The highest BCUT2D eigenvalue weighted by Gasteiger charge is 2.23. The molecule has 29 heavy (non-hydrogen) atoms. The van der Waals surface area contributed by atoms with Crippen LogP contribution < -0.4 is 10.2 Å². The third kappa shape index (κ3) is 5.22. The summed E-state index contributed by atoms with van der Waals surface area (Å²) in [5, 5.41) is 6.72. The summed E-state index contributed by atoms with van der Waals surface area (Å²) in [4.78, 5) is 23.7. The zero-order valence-corrected chi connectivity index (χ0v) is 19.9. The van der Waals surface area contributed by atoms with E-state index in [-0.39, 0.29) is 29.9 Å². The fourth-order valence-electron chi connectivity index (χ4n) is 3.90. The normalized spacial score (nSPS) is 16.9. The van der Waals surface area contributed by atoms with E-state index in [2.05, 4.69) is 55.8 Å². The molecule has 6 nitrogen and oxygen atoms in total. The predicted molar refractivity (Wildman–Crippen MR) is 130 cm³/mol. The Morgan fingerprint density at radius 1 is 1.03 bits per heavy atom. The summed E-state index contributed by atoms with van der Waals surface area (Å²) < 4.78 is 0. The molecule has 4 rings (SSSR count). The molecule has 2 aromatic rings. The van der Waals surface area contributed by atoms with Crippen LogP contribution in [0.15, 0.2) is 46.8 Å². The van der Waals surface area contributed by atoms with Gasteiger partial charge in [0, 0.05) is 46.3 Å². The second kappa shape index (κ2) is 10.3. The van der Waals surface area contributed by atoms with E-state index in [0.717, 1.165) is 45.1 Å². The maximum atomic E-state index is 12.7. The summed E-state index contributed by atoms with van der Waals surface area (Å²) in [6.45, 7) is 5.53. The first-order valence-corrected chi connectivity index (χ1v) is 10.7. The molecule has 0 aliphatic carbocycles. The van der Waals surface area contributed by atoms with Crippen LogP contribution in [0.1, 0.15) is 11.1 Å². The lowest BCUT2D eigenvalue weighted by molar-refractivity contribution is -0.130. The van der Waals surface area contributed by atoms with Gasteiger partial charge in [0.1, 0.15) is 0 Å². The van der Waals surface area contributed by atoms with E-state index in [1.165, 1.54) is 16.1 Å². The summed E-state index contributed by atoms with van der Waals surface area (Å²) >= 11 is 1.78. The van der Waals surface area contributed by atoms with Crippen molar-refractivity contribution in [2.24, 2.45) is 4.99 Å². The molecule has 1 aromatic heterocycles. The number of hydrogen-bond acceptors (Lipinski definition) is 4. The SMILES string of the molecule is CN=C(NCC(=O)N1CCc2ccccc2C1)N1CCN(c2cccs2)CC1.I. The Hall–Kier alpha value is -1.81. The number of hydrogen-bond donors (Lipinski definition) is 1. The van der Waals surface area contributed by atoms with Gasteiger partial charge in [-0.25, -0.2) is 0 Å². The van der Waals surface area contributed by atoms with Gasteiger partial charge < -0.3 is 20.0 Å². The quantitative estimate of drug-likeness (QED) is 0.381.